The molecule has 1 aliphatic heterocycles. The van der Waals surface area contributed by atoms with Crippen LogP contribution in [0.2, 0.25) is 0 Å². The molecule has 0 bridgehead atoms. The van der Waals surface area contributed by atoms with Gasteiger partial charge in [-0.05, 0) is 76.9 Å². The standard InChI is InChI=1S/C19H31N3O3S/c1-5-20-14-15-10-12-22(13-11-15)18(23)16-6-8-17(9-7-16)26(24,25)21-19(2,3)4/h6-9,15,20-21H,5,10-14H2,1-4H3. The second-order valence-corrected chi connectivity index (χ2v) is 9.61. The number of benzene rings is 1. The Labute approximate surface area is 157 Å². The van der Waals surface area contributed by atoms with Crippen LogP contribution in [0, 0.1) is 5.92 Å². The van der Waals surface area contributed by atoms with E-state index in [1.807, 2.05) is 4.90 Å². The second kappa shape index (κ2) is 8.50. The molecule has 0 aromatic heterocycles. The van der Waals surface area contributed by atoms with Crippen molar-refractivity contribution in [2.45, 2.75) is 51.0 Å². The zero-order chi connectivity index (χ0) is 19.4. The van der Waals surface area contributed by atoms with Gasteiger partial charge in [0, 0.05) is 24.2 Å². The second-order valence-electron chi connectivity index (χ2n) is 7.92. The first-order chi connectivity index (χ1) is 12.1. The van der Waals surface area contributed by atoms with Crippen molar-refractivity contribution in [1.29, 1.82) is 0 Å². The quantitative estimate of drug-likeness (QED) is 0.792. The highest BCUT2D eigenvalue weighted by Gasteiger charge is 2.25. The predicted octanol–water partition coefficient (Wildman–Crippen LogP) is 2.23. The van der Waals surface area contributed by atoms with Gasteiger partial charge in [0.15, 0.2) is 0 Å². The summed E-state index contributed by atoms with van der Waals surface area (Å²) in [4.78, 5) is 14.7. The molecule has 1 amide bonds. The van der Waals surface area contributed by atoms with Crippen molar-refractivity contribution in [2.75, 3.05) is 26.2 Å². The Kier molecular flexibility index (Phi) is 6.82. The molecule has 1 heterocycles. The number of piperidine rings is 1. The van der Waals surface area contributed by atoms with Crippen LogP contribution in [-0.4, -0.2) is 50.9 Å². The van der Waals surface area contributed by atoms with Crippen LogP contribution in [0.15, 0.2) is 29.2 Å². The molecule has 0 atom stereocenters. The normalized spacial score (nSPS) is 16.7. The summed E-state index contributed by atoms with van der Waals surface area (Å²) in [7, 11) is -3.58. The molecule has 0 radical (unpaired) electrons. The molecule has 0 saturated carbocycles. The molecule has 0 aliphatic carbocycles. The molecule has 146 valence electrons. The maximum Gasteiger partial charge on any atom is 0.253 e. The molecule has 26 heavy (non-hydrogen) atoms. The summed E-state index contributed by atoms with van der Waals surface area (Å²) in [5.41, 5.74) is -0.0190. The topological polar surface area (TPSA) is 78.5 Å². The fourth-order valence-corrected chi connectivity index (χ4v) is 4.53. The van der Waals surface area contributed by atoms with Crippen LogP contribution in [0.3, 0.4) is 0 Å². The average Bonchev–Trinajstić information content (AvgIpc) is 2.58. The first-order valence-electron chi connectivity index (χ1n) is 9.26. The lowest BCUT2D eigenvalue weighted by Gasteiger charge is -2.32. The van der Waals surface area contributed by atoms with E-state index in [1.165, 1.54) is 12.1 Å². The first kappa shape index (κ1) is 20.9. The molecule has 2 rings (SSSR count). The maximum absolute atomic E-state index is 12.7. The third-order valence-corrected chi connectivity index (χ3v) is 6.21. The average molecular weight is 382 g/mol. The highest BCUT2D eigenvalue weighted by Crippen LogP contribution is 2.20. The van der Waals surface area contributed by atoms with Gasteiger partial charge in [-0.3, -0.25) is 4.79 Å². The molecule has 1 fully saturated rings. The highest BCUT2D eigenvalue weighted by molar-refractivity contribution is 7.89. The summed E-state index contributed by atoms with van der Waals surface area (Å²) in [6.45, 7) is 11.0. The van der Waals surface area contributed by atoms with Crippen molar-refractivity contribution in [3.05, 3.63) is 29.8 Å². The van der Waals surface area contributed by atoms with Crippen molar-refractivity contribution in [2.24, 2.45) is 5.92 Å². The lowest BCUT2D eigenvalue weighted by atomic mass is 9.96. The Morgan fingerprint density at radius 2 is 1.73 bits per heavy atom. The van der Waals surface area contributed by atoms with Crippen molar-refractivity contribution < 1.29 is 13.2 Å². The van der Waals surface area contributed by atoms with Gasteiger partial charge in [-0.25, -0.2) is 13.1 Å². The fraction of sp³-hybridized carbons (Fsp3) is 0.632. The van der Waals surface area contributed by atoms with Crippen LogP contribution in [0.25, 0.3) is 0 Å². The molecule has 0 spiro atoms. The number of rotatable bonds is 6. The Bertz CT molecular complexity index is 701. The van der Waals surface area contributed by atoms with E-state index in [4.69, 9.17) is 0 Å². The lowest BCUT2D eigenvalue weighted by Crippen LogP contribution is -2.41. The largest absolute Gasteiger partial charge is 0.339 e. The molecule has 0 unspecified atom stereocenters. The molecular formula is C19H31N3O3S. The minimum atomic E-state index is -3.58. The number of carbonyl (C=O) groups excluding carboxylic acids is 1. The van der Waals surface area contributed by atoms with Gasteiger partial charge < -0.3 is 10.2 Å². The van der Waals surface area contributed by atoms with E-state index >= 15 is 0 Å². The Morgan fingerprint density at radius 1 is 1.15 bits per heavy atom. The van der Waals surface area contributed by atoms with E-state index in [1.54, 1.807) is 32.9 Å². The minimum Gasteiger partial charge on any atom is -0.339 e. The van der Waals surface area contributed by atoms with Gasteiger partial charge in [-0.1, -0.05) is 6.92 Å². The lowest BCUT2D eigenvalue weighted by molar-refractivity contribution is 0.0690. The summed E-state index contributed by atoms with van der Waals surface area (Å²) in [6, 6.07) is 6.20. The fourth-order valence-electron chi connectivity index (χ4n) is 3.11. The number of hydrogen-bond acceptors (Lipinski definition) is 4. The van der Waals surface area contributed by atoms with Crippen molar-refractivity contribution in [1.82, 2.24) is 14.9 Å². The Hall–Kier alpha value is -1.44. The maximum atomic E-state index is 12.7. The van der Waals surface area contributed by atoms with Gasteiger partial charge in [0.05, 0.1) is 4.90 Å². The zero-order valence-electron chi connectivity index (χ0n) is 16.2. The molecule has 1 aromatic carbocycles. The van der Waals surface area contributed by atoms with Gasteiger partial charge >= 0.3 is 0 Å². The van der Waals surface area contributed by atoms with E-state index in [0.29, 0.717) is 11.5 Å². The van der Waals surface area contributed by atoms with Crippen LogP contribution < -0.4 is 10.0 Å². The molecular weight excluding hydrogens is 350 g/mol. The number of sulfonamides is 1. The first-order valence-corrected chi connectivity index (χ1v) is 10.7. The van der Waals surface area contributed by atoms with Gasteiger partial charge in [0.1, 0.15) is 0 Å². The summed E-state index contributed by atoms with van der Waals surface area (Å²) >= 11 is 0. The van der Waals surface area contributed by atoms with Crippen molar-refractivity contribution in [3.8, 4) is 0 Å². The van der Waals surface area contributed by atoms with Crippen LogP contribution in [0.1, 0.15) is 50.9 Å². The highest BCUT2D eigenvalue weighted by atomic mass is 32.2. The molecule has 1 aliphatic rings. The SMILES string of the molecule is CCNCC1CCN(C(=O)c2ccc(S(=O)(=O)NC(C)(C)C)cc2)CC1. The van der Waals surface area contributed by atoms with E-state index < -0.39 is 15.6 Å². The number of nitrogens with one attached hydrogen (secondary N) is 2. The van der Waals surface area contributed by atoms with Crippen LogP contribution in [0.4, 0.5) is 0 Å². The summed E-state index contributed by atoms with van der Waals surface area (Å²) in [6.07, 6.45) is 2.00. The van der Waals surface area contributed by atoms with Crippen LogP contribution in [0.5, 0.6) is 0 Å². The van der Waals surface area contributed by atoms with E-state index in [2.05, 4.69) is 17.0 Å². The summed E-state index contributed by atoms with van der Waals surface area (Å²) in [5.74, 6) is 0.592. The number of amides is 1. The van der Waals surface area contributed by atoms with Gasteiger partial charge in [0.2, 0.25) is 10.0 Å². The molecule has 2 N–H and O–H groups in total. The summed E-state index contributed by atoms with van der Waals surface area (Å²) in [5, 5.41) is 3.36. The number of hydrogen-bond donors (Lipinski definition) is 2. The van der Waals surface area contributed by atoms with Crippen molar-refractivity contribution >= 4 is 15.9 Å². The number of carbonyl (C=O) groups is 1. The van der Waals surface area contributed by atoms with E-state index in [-0.39, 0.29) is 10.8 Å². The third kappa shape index (κ3) is 5.79. The molecule has 1 saturated heterocycles. The smallest absolute Gasteiger partial charge is 0.253 e. The monoisotopic (exact) mass is 381 g/mol. The summed E-state index contributed by atoms with van der Waals surface area (Å²) < 4.78 is 27.3. The van der Waals surface area contributed by atoms with Gasteiger partial charge in [-0.15, -0.1) is 0 Å². The van der Waals surface area contributed by atoms with Crippen molar-refractivity contribution in [3.63, 3.8) is 0 Å². The van der Waals surface area contributed by atoms with Gasteiger partial charge in [-0.2, -0.15) is 0 Å². The van der Waals surface area contributed by atoms with E-state index in [9.17, 15) is 13.2 Å². The predicted molar refractivity (Wildman–Crippen MR) is 104 cm³/mol. The number of nitrogens with zero attached hydrogens (tertiary/aromatic N) is 1. The molecule has 7 heteroatoms. The van der Waals surface area contributed by atoms with Crippen LogP contribution >= 0.6 is 0 Å². The van der Waals surface area contributed by atoms with Crippen LogP contribution in [-0.2, 0) is 10.0 Å². The van der Waals surface area contributed by atoms with Gasteiger partial charge in [0.25, 0.3) is 5.91 Å². The van der Waals surface area contributed by atoms with E-state index in [0.717, 1.165) is 39.0 Å². The third-order valence-electron chi connectivity index (χ3n) is 4.44. The minimum absolute atomic E-state index is 0.0281. The number of likely N-dealkylation sites (tertiary alicyclic amines) is 1. The Morgan fingerprint density at radius 3 is 2.23 bits per heavy atom. The molecule has 6 nitrogen and oxygen atoms in total. The zero-order valence-corrected chi connectivity index (χ0v) is 17.0. The Balaban J connectivity index is 1.99. The molecule has 1 aromatic rings.